The summed E-state index contributed by atoms with van der Waals surface area (Å²) in [7, 11) is 0. The third-order valence-electron chi connectivity index (χ3n) is 4.01. The quantitative estimate of drug-likeness (QED) is 0.749. The molecule has 6 heteroatoms. The van der Waals surface area contributed by atoms with E-state index in [4.69, 9.17) is 0 Å². The molecule has 0 bridgehead atoms. The van der Waals surface area contributed by atoms with Crippen LogP contribution in [0.3, 0.4) is 0 Å². The molecule has 1 fully saturated rings. The Balaban J connectivity index is 1.53. The Kier molecular flexibility index (Phi) is 5.35. The highest BCUT2D eigenvalue weighted by molar-refractivity contribution is 7.99. The lowest BCUT2D eigenvalue weighted by Gasteiger charge is -2.16. The first-order valence-corrected chi connectivity index (χ1v) is 9.11. The van der Waals surface area contributed by atoms with E-state index in [0.29, 0.717) is 12.5 Å². The van der Waals surface area contributed by atoms with E-state index in [1.54, 1.807) is 6.20 Å². The SMILES string of the molecule is CC(=O)[C@H](Cc1ccccc1)NC(=O)CSc1nccn1C1CC1. The number of Topliss-reactive ketones (excluding diaryl/α,β-unsaturated/α-hetero) is 1. The van der Waals surface area contributed by atoms with E-state index in [0.717, 1.165) is 10.7 Å². The van der Waals surface area contributed by atoms with Crippen LogP contribution in [0.1, 0.15) is 31.4 Å². The first kappa shape index (κ1) is 16.8. The minimum atomic E-state index is -0.483. The number of benzene rings is 1. The van der Waals surface area contributed by atoms with Crippen molar-refractivity contribution in [1.29, 1.82) is 0 Å². The van der Waals surface area contributed by atoms with E-state index < -0.39 is 6.04 Å². The highest BCUT2D eigenvalue weighted by Crippen LogP contribution is 2.37. The highest BCUT2D eigenvalue weighted by Gasteiger charge is 2.26. The maximum absolute atomic E-state index is 12.2. The number of ketones is 1. The molecular formula is C18H21N3O2S. The lowest BCUT2D eigenvalue weighted by molar-refractivity contribution is -0.125. The van der Waals surface area contributed by atoms with Gasteiger partial charge < -0.3 is 9.88 Å². The molecule has 1 atom stereocenters. The number of hydrogen-bond acceptors (Lipinski definition) is 4. The van der Waals surface area contributed by atoms with Crippen molar-refractivity contribution >= 4 is 23.5 Å². The summed E-state index contributed by atoms with van der Waals surface area (Å²) in [5, 5.41) is 3.72. The Bertz CT molecular complexity index is 710. The van der Waals surface area contributed by atoms with Crippen molar-refractivity contribution in [2.75, 3.05) is 5.75 Å². The van der Waals surface area contributed by atoms with Gasteiger partial charge in [-0.3, -0.25) is 9.59 Å². The van der Waals surface area contributed by atoms with Crippen LogP contribution in [-0.4, -0.2) is 33.0 Å². The maximum atomic E-state index is 12.2. The molecule has 0 saturated heterocycles. The number of imidazole rings is 1. The fraction of sp³-hybridized carbons (Fsp3) is 0.389. The summed E-state index contributed by atoms with van der Waals surface area (Å²) in [6, 6.07) is 9.78. The molecule has 0 radical (unpaired) electrons. The van der Waals surface area contributed by atoms with E-state index >= 15 is 0 Å². The molecule has 1 aliphatic rings. The average molecular weight is 343 g/mol. The summed E-state index contributed by atoms with van der Waals surface area (Å²) < 4.78 is 2.13. The van der Waals surface area contributed by atoms with Crippen LogP contribution < -0.4 is 5.32 Å². The molecule has 1 heterocycles. The van der Waals surface area contributed by atoms with E-state index in [1.165, 1.54) is 31.5 Å². The van der Waals surface area contributed by atoms with Crippen molar-refractivity contribution < 1.29 is 9.59 Å². The predicted molar refractivity (Wildman–Crippen MR) is 94.0 cm³/mol. The Labute approximate surface area is 145 Å². The number of thioether (sulfide) groups is 1. The van der Waals surface area contributed by atoms with Gasteiger partial charge in [-0.05, 0) is 31.7 Å². The number of amides is 1. The fourth-order valence-electron chi connectivity index (χ4n) is 2.55. The molecule has 1 aromatic heterocycles. The van der Waals surface area contributed by atoms with Crippen LogP contribution in [0.5, 0.6) is 0 Å². The molecule has 1 aromatic carbocycles. The topological polar surface area (TPSA) is 64.0 Å². The Hall–Kier alpha value is -2.08. The van der Waals surface area contributed by atoms with Crippen LogP contribution in [0.15, 0.2) is 47.9 Å². The fourth-order valence-corrected chi connectivity index (χ4v) is 3.39. The molecule has 1 amide bonds. The average Bonchev–Trinajstić information content (AvgIpc) is 3.31. The number of hydrogen-bond donors (Lipinski definition) is 1. The predicted octanol–water partition coefficient (Wildman–Crippen LogP) is 2.63. The molecule has 5 nitrogen and oxygen atoms in total. The van der Waals surface area contributed by atoms with Gasteiger partial charge in [-0.25, -0.2) is 4.98 Å². The van der Waals surface area contributed by atoms with Crippen molar-refractivity contribution in [2.45, 2.75) is 43.4 Å². The maximum Gasteiger partial charge on any atom is 0.231 e. The molecule has 0 spiro atoms. The van der Waals surface area contributed by atoms with E-state index in [1.807, 2.05) is 36.5 Å². The number of nitrogens with one attached hydrogen (secondary N) is 1. The standard InChI is InChI=1S/C18H21N3O2S/c1-13(22)16(11-14-5-3-2-4-6-14)20-17(23)12-24-18-19-9-10-21(18)15-7-8-15/h2-6,9-10,15-16H,7-8,11-12H2,1H3,(H,20,23)/t16-/m0/s1. The molecule has 0 unspecified atom stereocenters. The number of rotatable bonds is 8. The number of aromatic nitrogens is 2. The molecular weight excluding hydrogens is 322 g/mol. The van der Waals surface area contributed by atoms with Gasteiger partial charge in [0, 0.05) is 18.4 Å². The summed E-state index contributed by atoms with van der Waals surface area (Å²) in [5.41, 5.74) is 1.04. The van der Waals surface area contributed by atoms with Gasteiger partial charge in [0.25, 0.3) is 0 Å². The van der Waals surface area contributed by atoms with Crippen molar-refractivity contribution in [1.82, 2.24) is 14.9 Å². The van der Waals surface area contributed by atoms with Gasteiger partial charge in [-0.2, -0.15) is 0 Å². The van der Waals surface area contributed by atoms with Crippen LogP contribution in [0.2, 0.25) is 0 Å². The first-order chi connectivity index (χ1) is 11.6. The van der Waals surface area contributed by atoms with E-state index in [9.17, 15) is 9.59 Å². The van der Waals surface area contributed by atoms with Gasteiger partial charge >= 0.3 is 0 Å². The molecule has 126 valence electrons. The Morgan fingerprint density at radius 1 is 1.33 bits per heavy atom. The second-order valence-corrected chi connectivity index (χ2v) is 7.00. The van der Waals surface area contributed by atoms with Crippen LogP contribution in [-0.2, 0) is 16.0 Å². The molecule has 1 N–H and O–H groups in total. The molecule has 24 heavy (non-hydrogen) atoms. The third kappa shape index (κ3) is 4.47. The minimum absolute atomic E-state index is 0.0308. The lowest BCUT2D eigenvalue weighted by Crippen LogP contribution is -2.42. The van der Waals surface area contributed by atoms with Gasteiger partial charge in [0.1, 0.15) is 0 Å². The first-order valence-electron chi connectivity index (χ1n) is 8.13. The van der Waals surface area contributed by atoms with Gasteiger partial charge in [0.15, 0.2) is 10.9 Å². The zero-order valence-corrected chi connectivity index (χ0v) is 14.5. The summed E-state index contributed by atoms with van der Waals surface area (Å²) in [6.45, 7) is 1.51. The highest BCUT2D eigenvalue weighted by atomic mass is 32.2. The largest absolute Gasteiger partial charge is 0.345 e. The molecule has 1 aliphatic carbocycles. The normalized spacial score (nSPS) is 15.0. The zero-order valence-electron chi connectivity index (χ0n) is 13.6. The molecule has 2 aromatic rings. The van der Waals surface area contributed by atoms with Crippen LogP contribution >= 0.6 is 11.8 Å². The van der Waals surface area contributed by atoms with Crippen molar-refractivity contribution in [3.8, 4) is 0 Å². The van der Waals surface area contributed by atoms with Gasteiger partial charge in [-0.1, -0.05) is 42.1 Å². The third-order valence-corrected chi connectivity index (χ3v) is 5.00. The number of nitrogens with zero attached hydrogens (tertiary/aromatic N) is 2. The zero-order chi connectivity index (χ0) is 16.9. The molecule has 0 aliphatic heterocycles. The second kappa shape index (κ2) is 7.66. The minimum Gasteiger partial charge on any atom is -0.345 e. The number of carbonyl (C=O) groups excluding carboxylic acids is 2. The number of carbonyl (C=O) groups is 2. The van der Waals surface area contributed by atoms with Crippen molar-refractivity contribution in [3.63, 3.8) is 0 Å². The van der Waals surface area contributed by atoms with Crippen LogP contribution in [0.25, 0.3) is 0 Å². The second-order valence-electron chi connectivity index (χ2n) is 6.06. The van der Waals surface area contributed by atoms with Gasteiger partial charge in [0.05, 0.1) is 11.8 Å². The smallest absolute Gasteiger partial charge is 0.231 e. The molecule has 3 rings (SSSR count). The van der Waals surface area contributed by atoms with Crippen molar-refractivity contribution in [2.24, 2.45) is 0 Å². The van der Waals surface area contributed by atoms with Crippen LogP contribution in [0.4, 0.5) is 0 Å². The van der Waals surface area contributed by atoms with Crippen LogP contribution in [0, 0.1) is 0 Å². The summed E-state index contributed by atoms with van der Waals surface area (Å²) >= 11 is 1.42. The Morgan fingerprint density at radius 2 is 2.08 bits per heavy atom. The Morgan fingerprint density at radius 3 is 2.75 bits per heavy atom. The van der Waals surface area contributed by atoms with E-state index in [-0.39, 0.29) is 17.4 Å². The summed E-state index contributed by atoms with van der Waals surface area (Å²) in [5.74, 6) is 0.0978. The van der Waals surface area contributed by atoms with Gasteiger partial charge in [-0.15, -0.1) is 0 Å². The lowest BCUT2D eigenvalue weighted by atomic mass is 10.0. The van der Waals surface area contributed by atoms with Crippen molar-refractivity contribution in [3.05, 3.63) is 48.3 Å². The van der Waals surface area contributed by atoms with E-state index in [2.05, 4.69) is 14.9 Å². The summed E-state index contributed by atoms with van der Waals surface area (Å²) in [6.07, 6.45) is 6.61. The van der Waals surface area contributed by atoms with Gasteiger partial charge in [0.2, 0.25) is 5.91 Å². The summed E-state index contributed by atoms with van der Waals surface area (Å²) in [4.78, 5) is 28.4. The monoisotopic (exact) mass is 343 g/mol. The molecule has 1 saturated carbocycles.